The average molecular weight is 139 g/mol. The fourth-order valence-corrected chi connectivity index (χ4v) is 1.03. The molecule has 1 aliphatic heterocycles. The SMILES string of the molecule is C=CC1=NC(CCC)CO1. The highest BCUT2D eigenvalue weighted by atomic mass is 16.5. The van der Waals surface area contributed by atoms with Gasteiger partial charge in [0.25, 0.3) is 0 Å². The first-order valence-electron chi connectivity index (χ1n) is 3.70. The molecule has 0 aromatic heterocycles. The van der Waals surface area contributed by atoms with Gasteiger partial charge in [-0.15, -0.1) is 0 Å². The lowest BCUT2D eigenvalue weighted by atomic mass is 10.2. The van der Waals surface area contributed by atoms with Crippen molar-refractivity contribution in [2.24, 2.45) is 4.99 Å². The topological polar surface area (TPSA) is 21.6 Å². The van der Waals surface area contributed by atoms with Crippen molar-refractivity contribution in [1.82, 2.24) is 0 Å². The van der Waals surface area contributed by atoms with E-state index in [1.54, 1.807) is 6.08 Å². The predicted octanol–water partition coefficient (Wildman–Crippen LogP) is 1.77. The monoisotopic (exact) mass is 139 g/mol. The molecule has 1 atom stereocenters. The summed E-state index contributed by atoms with van der Waals surface area (Å²) in [5.74, 6) is 0.707. The fourth-order valence-electron chi connectivity index (χ4n) is 1.03. The summed E-state index contributed by atoms with van der Waals surface area (Å²) >= 11 is 0. The molecule has 2 heteroatoms. The van der Waals surface area contributed by atoms with Crippen molar-refractivity contribution in [3.8, 4) is 0 Å². The fraction of sp³-hybridized carbons (Fsp3) is 0.625. The molecule has 0 saturated carbocycles. The number of hydrogen-bond donors (Lipinski definition) is 0. The standard InChI is InChI=1S/C8H13NO/c1-3-5-7-6-10-8(4-2)9-7/h4,7H,2-3,5-6H2,1H3. The number of ether oxygens (including phenoxy) is 1. The van der Waals surface area contributed by atoms with Gasteiger partial charge in [0.2, 0.25) is 5.90 Å². The van der Waals surface area contributed by atoms with Gasteiger partial charge < -0.3 is 4.74 Å². The lowest BCUT2D eigenvalue weighted by molar-refractivity contribution is 0.312. The van der Waals surface area contributed by atoms with Crippen LogP contribution in [0.2, 0.25) is 0 Å². The molecule has 1 heterocycles. The van der Waals surface area contributed by atoms with Gasteiger partial charge in [-0.3, -0.25) is 0 Å². The molecule has 0 amide bonds. The lowest BCUT2D eigenvalue weighted by Crippen LogP contribution is -2.04. The van der Waals surface area contributed by atoms with E-state index in [2.05, 4.69) is 18.5 Å². The quantitative estimate of drug-likeness (QED) is 0.584. The molecule has 2 nitrogen and oxygen atoms in total. The van der Waals surface area contributed by atoms with E-state index in [0.29, 0.717) is 11.9 Å². The summed E-state index contributed by atoms with van der Waals surface area (Å²) in [7, 11) is 0. The molecule has 0 aromatic carbocycles. The highest BCUT2D eigenvalue weighted by Gasteiger charge is 2.14. The van der Waals surface area contributed by atoms with Crippen LogP contribution >= 0.6 is 0 Å². The maximum absolute atomic E-state index is 5.20. The zero-order valence-electron chi connectivity index (χ0n) is 6.34. The van der Waals surface area contributed by atoms with E-state index in [1.807, 2.05) is 0 Å². The Morgan fingerprint density at radius 2 is 2.70 bits per heavy atom. The van der Waals surface area contributed by atoms with Gasteiger partial charge in [0.15, 0.2) is 0 Å². The average Bonchev–Trinajstić information content (AvgIpc) is 2.37. The van der Waals surface area contributed by atoms with Crippen LogP contribution in [0.1, 0.15) is 19.8 Å². The number of rotatable bonds is 3. The summed E-state index contributed by atoms with van der Waals surface area (Å²) in [6, 6.07) is 0.387. The molecular weight excluding hydrogens is 126 g/mol. The minimum Gasteiger partial charge on any atom is -0.476 e. The van der Waals surface area contributed by atoms with Crippen molar-refractivity contribution in [3.05, 3.63) is 12.7 Å². The first-order chi connectivity index (χ1) is 4.86. The van der Waals surface area contributed by atoms with Crippen LogP contribution < -0.4 is 0 Å². The summed E-state index contributed by atoms with van der Waals surface area (Å²) in [5.41, 5.74) is 0. The van der Waals surface area contributed by atoms with Gasteiger partial charge in [-0.05, 0) is 12.5 Å². The van der Waals surface area contributed by atoms with E-state index in [-0.39, 0.29) is 0 Å². The Morgan fingerprint density at radius 1 is 1.90 bits per heavy atom. The van der Waals surface area contributed by atoms with Crippen molar-refractivity contribution in [3.63, 3.8) is 0 Å². The van der Waals surface area contributed by atoms with Crippen LogP contribution in [0.15, 0.2) is 17.6 Å². The van der Waals surface area contributed by atoms with Crippen molar-refractivity contribution in [2.75, 3.05) is 6.61 Å². The molecule has 0 bridgehead atoms. The van der Waals surface area contributed by atoms with Crippen LogP contribution in [0.3, 0.4) is 0 Å². The van der Waals surface area contributed by atoms with Crippen LogP contribution in [0.4, 0.5) is 0 Å². The lowest BCUT2D eigenvalue weighted by Gasteiger charge is -1.99. The summed E-state index contributed by atoms with van der Waals surface area (Å²) in [6.07, 6.45) is 3.95. The van der Waals surface area contributed by atoms with E-state index in [1.165, 1.54) is 6.42 Å². The number of hydrogen-bond acceptors (Lipinski definition) is 2. The molecule has 0 aromatic rings. The molecule has 1 unspecified atom stereocenters. The molecule has 1 rings (SSSR count). The van der Waals surface area contributed by atoms with Gasteiger partial charge >= 0.3 is 0 Å². The van der Waals surface area contributed by atoms with Crippen molar-refractivity contribution >= 4 is 5.90 Å². The van der Waals surface area contributed by atoms with Crippen LogP contribution in [0.5, 0.6) is 0 Å². The van der Waals surface area contributed by atoms with E-state index in [9.17, 15) is 0 Å². The van der Waals surface area contributed by atoms with Crippen LogP contribution in [-0.2, 0) is 4.74 Å². The first kappa shape index (κ1) is 7.32. The van der Waals surface area contributed by atoms with Gasteiger partial charge in [-0.2, -0.15) is 0 Å². The molecule has 0 spiro atoms. The zero-order valence-corrected chi connectivity index (χ0v) is 6.34. The second-order valence-corrected chi connectivity index (χ2v) is 2.42. The summed E-state index contributed by atoms with van der Waals surface area (Å²) in [4.78, 5) is 4.27. The Kier molecular flexibility index (Phi) is 2.49. The Bertz CT molecular complexity index is 151. The minimum atomic E-state index is 0.387. The Balaban J connectivity index is 2.38. The van der Waals surface area contributed by atoms with Crippen molar-refractivity contribution in [1.29, 1.82) is 0 Å². The second-order valence-electron chi connectivity index (χ2n) is 2.42. The summed E-state index contributed by atoms with van der Waals surface area (Å²) in [5, 5.41) is 0. The van der Waals surface area contributed by atoms with E-state index >= 15 is 0 Å². The molecular formula is C8H13NO. The molecule has 56 valence electrons. The van der Waals surface area contributed by atoms with Crippen molar-refractivity contribution in [2.45, 2.75) is 25.8 Å². The second kappa shape index (κ2) is 3.40. The molecule has 0 saturated heterocycles. The third kappa shape index (κ3) is 1.59. The van der Waals surface area contributed by atoms with Gasteiger partial charge in [0.05, 0.1) is 6.04 Å². The molecule has 0 radical (unpaired) electrons. The van der Waals surface area contributed by atoms with Gasteiger partial charge in [0, 0.05) is 0 Å². The van der Waals surface area contributed by atoms with Crippen LogP contribution in [-0.4, -0.2) is 18.5 Å². The predicted molar refractivity (Wildman–Crippen MR) is 42.3 cm³/mol. The molecule has 0 N–H and O–H groups in total. The minimum absolute atomic E-state index is 0.387. The maximum atomic E-state index is 5.20. The zero-order chi connectivity index (χ0) is 7.40. The number of aliphatic imine (C=N–C) groups is 1. The van der Waals surface area contributed by atoms with Gasteiger partial charge in [-0.1, -0.05) is 19.9 Å². The summed E-state index contributed by atoms with van der Waals surface area (Å²) < 4.78 is 5.20. The van der Waals surface area contributed by atoms with Gasteiger partial charge in [-0.25, -0.2) is 4.99 Å². The maximum Gasteiger partial charge on any atom is 0.208 e. The number of nitrogens with zero attached hydrogens (tertiary/aromatic N) is 1. The van der Waals surface area contributed by atoms with Gasteiger partial charge in [0.1, 0.15) is 6.61 Å². The Labute approximate surface area is 61.6 Å². The molecule has 0 fully saturated rings. The van der Waals surface area contributed by atoms with E-state index in [4.69, 9.17) is 4.74 Å². The Morgan fingerprint density at radius 3 is 3.20 bits per heavy atom. The van der Waals surface area contributed by atoms with Crippen LogP contribution in [0, 0.1) is 0 Å². The molecule has 10 heavy (non-hydrogen) atoms. The molecule has 0 aliphatic carbocycles. The third-order valence-corrected chi connectivity index (χ3v) is 1.53. The van der Waals surface area contributed by atoms with Crippen LogP contribution in [0.25, 0.3) is 0 Å². The normalized spacial score (nSPS) is 23.7. The van der Waals surface area contributed by atoms with E-state index in [0.717, 1.165) is 13.0 Å². The smallest absolute Gasteiger partial charge is 0.208 e. The molecule has 1 aliphatic rings. The van der Waals surface area contributed by atoms with E-state index < -0.39 is 0 Å². The highest BCUT2D eigenvalue weighted by Crippen LogP contribution is 2.09. The largest absolute Gasteiger partial charge is 0.476 e. The highest BCUT2D eigenvalue weighted by molar-refractivity contribution is 5.88. The van der Waals surface area contributed by atoms with Crippen molar-refractivity contribution < 1.29 is 4.74 Å². The Hall–Kier alpha value is -0.790. The third-order valence-electron chi connectivity index (χ3n) is 1.53. The summed E-state index contributed by atoms with van der Waals surface area (Å²) in [6.45, 7) is 6.48. The first-order valence-corrected chi connectivity index (χ1v) is 3.70.